The Hall–Kier alpha value is -4.14. The van der Waals surface area contributed by atoms with E-state index in [9.17, 15) is 22.8 Å². The van der Waals surface area contributed by atoms with Crippen molar-refractivity contribution in [1.29, 1.82) is 0 Å². The average molecular weight is 733 g/mol. The van der Waals surface area contributed by atoms with E-state index in [0.717, 1.165) is 16.7 Å². The van der Waals surface area contributed by atoms with Crippen LogP contribution in [0, 0.1) is 12.3 Å². The lowest BCUT2D eigenvalue weighted by atomic mass is 9.94. The first kappa shape index (κ1) is 32.4. The Morgan fingerprint density at radius 1 is 1.08 bits per heavy atom. The van der Waals surface area contributed by atoms with Gasteiger partial charge in [-0.2, -0.15) is 5.10 Å². The molecule has 2 bridgehead atoms. The number of hydrogen-bond donors (Lipinski definition) is 0. The van der Waals surface area contributed by atoms with Gasteiger partial charge in [0.2, 0.25) is 15.9 Å². The van der Waals surface area contributed by atoms with Gasteiger partial charge in [-0.05, 0) is 71.4 Å². The molecule has 0 unspecified atom stereocenters. The number of Topliss-reactive ketones (excluding diaryl/α,β-unsaturated/α-hetero) is 2. The highest BCUT2D eigenvalue weighted by atomic mass is 79.9. The Bertz CT molecular complexity index is 2130. The topological polar surface area (TPSA) is 148 Å². The molecular weight excluding hydrogens is 698 g/mol. The number of likely N-dealkylation sites (tertiary alicyclic amines) is 1. The fourth-order valence-electron chi connectivity index (χ4n) is 7.17. The molecule has 5 heterocycles. The lowest BCUT2D eigenvalue weighted by Gasteiger charge is -2.27. The van der Waals surface area contributed by atoms with Gasteiger partial charge in [-0.25, -0.2) is 27.7 Å². The first-order chi connectivity index (χ1) is 22.8. The van der Waals surface area contributed by atoms with Crippen molar-refractivity contribution in [2.24, 2.45) is 5.41 Å². The third-order valence-corrected chi connectivity index (χ3v) is 12.0. The summed E-state index contributed by atoms with van der Waals surface area (Å²) in [5.74, 6) is -0.116. The van der Waals surface area contributed by atoms with Crippen LogP contribution < -0.4 is 0 Å². The van der Waals surface area contributed by atoms with Crippen molar-refractivity contribution in [2.45, 2.75) is 58.2 Å². The first-order valence-electron chi connectivity index (χ1n) is 15.8. The number of ketones is 2. The number of hydrogen-bond acceptors (Lipinski definition) is 9. The van der Waals surface area contributed by atoms with Crippen molar-refractivity contribution >= 4 is 60.4 Å². The van der Waals surface area contributed by atoms with Crippen molar-refractivity contribution in [3.8, 4) is 11.1 Å². The molecule has 0 radical (unpaired) electrons. The van der Waals surface area contributed by atoms with E-state index in [1.807, 2.05) is 24.3 Å². The van der Waals surface area contributed by atoms with Gasteiger partial charge in [-0.3, -0.25) is 19.1 Å². The maximum atomic E-state index is 14.3. The number of carbonyl (C=O) groups excluding carboxylic acids is 3. The Labute approximate surface area is 286 Å². The number of benzene rings is 1. The number of carbonyl (C=O) groups is 3. The molecule has 1 aliphatic carbocycles. The van der Waals surface area contributed by atoms with Crippen LogP contribution >= 0.6 is 15.9 Å². The Balaban J connectivity index is 1.24. The van der Waals surface area contributed by atoms with Crippen molar-refractivity contribution in [3.63, 3.8) is 0 Å². The second-order valence-electron chi connectivity index (χ2n) is 13.0. The van der Waals surface area contributed by atoms with Crippen molar-refractivity contribution in [2.75, 3.05) is 19.3 Å². The zero-order valence-electron chi connectivity index (χ0n) is 26.8. The molecule has 4 aromatic rings. The lowest BCUT2D eigenvalue weighted by molar-refractivity contribution is -0.139. The Kier molecular flexibility index (Phi) is 8.15. The van der Waals surface area contributed by atoms with E-state index in [4.69, 9.17) is 0 Å². The highest BCUT2D eigenvalue weighted by molar-refractivity contribution is 9.10. The second-order valence-corrected chi connectivity index (χ2v) is 16.0. The predicted octanol–water partition coefficient (Wildman–Crippen LogP) is 4.01. The van der Waals surface area contributed by atoms with Crippen LogP contribution in [-0.2, 0) is 32.6 Å². The van der Waals surface area contributed by atoms with Crippen LogP contribution in [0.3, 0.4) is 0 Å². The van der Waals surface area contributed by atoms with E-state index in [2.05, 4.69) is 36.0 Å². The van der Waals surface area contributed by atoms with Crippen molar-refractivity contribution in [3.05, 3.63) is 76.2 Å². The van der Waals surface area contributed by atoms with E-state index in [0.29, 0.717) is 46.3 Å². The number of fused-ring (bicyclic) bond motifs is 3. The highest BCUT2D eigenvalue weighted by Crippen LogP contribution is 2.60. The minimum absolute atomic E-state index is 0.0230. The van der Waals surface area contributed by atoms with Crippen molar-refractivity contribution < 1.29 is 22.8 Å². The molecule has 12 nitrogen and oxygen atoms in total. The minimum Gasteiger partial charge on any atom is -0.327 e. The van der Waals surface area contributed by atoms with Crippen LogP contribution in [0.15, 0.2) is 53.4 Å². The molecule has 48 heavy (non-hydrogen) atoms. The molecule has 1 saturated carbocycles. The normalized spacial score (nSPS) is 24.5. The molecule has 2 fully saturated rings. The van der Waals surface area contributed by atoms with E-state index in [1.54, 1.807) is 49.5 Å². The third kappa shape index (κ3) is 5.90. The summed E-state index contributed by atoms with van der Waals surface area (Å²) in [6.07, 6.45) is 8.33. The zero-order valence-corrected chi connectivity index (χ0v) is 29.2. The quantitative estimate of drug-likeness (QED) is 0.224. The number of sulfonamides is 1. The van der Waals surface area contributed by atoms with Crippen LogP contribution in [-0.4, -0.2) is 91.3 Å². The molecule has 248 valence electrons. The Morgan fingerprint density at radius 3 is 2.60 bits per heavy atom. The van der Waals surface area contributed by atoms with E-state index in [-0.39, 0.29) is 54.5 Å². The summed E-state index contributed by atoms with van der Waals surface area (Å²) in [5.41, 5.74) is 3.19. The van der Waals surface area contributed by atoms with Gasteiger partial charge in [0.15, 0.2) is 11.6 Å². The van der Waals surface area contributed by atoms with Crippen LogP contribution in [0.5, 0.6) is 0 Å². The van der Waals surface area contributed by atoms with E-state index < -0.39 is 21.5 Å². The summed E-state index contributed by atoms with van der Waals surface area (Å²) in [4.78, 5) is 55.8. The third-order valence-electron chi connectivity index (χ3n) is 9.73. The number of halogens is 1. The molecular formula is C34H34BrN7O5S. The summed E-state index contributed by atoms with van der Waals surface area (Å²) < 4.78 is 29.9. The fourth-order valence-corrected chi connectivity index (χ4v) is 8.71. The summed E-state index contributed by atoms with van der Waals surface area (Å²) >= 11 is 3.41. The molecule has 1 amide bonds. The summed E-state index contributed by atoms with van der Waals surface area (Å²) in [5, 5.41) is 5.17. The van der Waals surface area contributed by atoms with Gasteiger partial charge in [0.1, 0.15) is 22.7 Å². The van der Waals surface area contributed by atoms with Gasteiger partial charge in [-0.15, -0.1) is 0 Å². The SMILES string of the molecule is CC(=O)c1nn(CC(=O)N2[C@H]3C[C@]4(C[C@@H]24)CN(C)S(=O)(=O)CC/C=C/c2ccc(Br)nc2CC3=O)c2ccc(-c3cnc(C)nc3)cc12. The molecule has 14 heteroatoms. The largest absolute Gasteiger partial charge is 0.327 e. The Morgan fingerprint density at radius 2 is 1.85 bits per heavy atom. The molecule has 1 aromatic carbocycles. The molecule has 7 rings (SSSR count). The standard InChI is InChI=1S/C34H34BrN7O5S/c1-20(43)33-25-12-23(24-16-36-21(2)37-17-24)7-9-27(25)41(39-33)18-32(45)42-28-14-34(15-30(34)42)19-40(3)48(46,47)11-5-4-6-22-8-10-31(35)38-26(22)13-29(28)44/h4,6-10,12,16-17,28,30H,5,11,13-15,18-19H2,1-3H3/b6-4+/t28-,30+,34-/m0/s1. The number of piperidine rings is 1. The lowest BCUT2D eigenvalue weighted by Crippen LogP contribution is -2.45. The number of amides is 1. The molecule has 3 aliphatic rings. The number of nitrogens with zero attached hydrogens (tertiary/aromatic N) is 7. The number of aromatic nitrogens is 5. The van der Waals surface area contributed by atoms with Gasteiger partial charge < -0.3 is 4.90 Å². The van der Waals surface area contributed by atoms with Gasteiger partial charge >= 0.3 is 0 Å². The van der Waals surface area contributed by atoms with E-state index in [1.165, 1.54) is 15.9 Å². The van der Waals surface area contributed by atoms with Gasteiger partial charge in [0.05, 0.1) is 29.4 Å². The summed E-state index contributed by atoms with van der Waals surface area (Å²) in [6, 6.07) is 8.11. The zero-order chi connectivity index (χ0) is 34.0. The van der Waals surface area contributed by atoms with Gasteiger partial charge in [0, 0.05) is 55.3 Å². The molecule has 0 N–H and O–H groups in total. The van der Waals surface area contributed by atoms with Crippen LogP contribution in [0.25, 0.3) is 28.1 Å². The molecule has 1 saturated heterocycles. The van der Waals surface area contributed by atoms with E-state index >= 15 is 0 Å². The monoisotopic (exact) mass is 731 g/mol. The average Bonchev–Trinajstić information content (AvgIpc) is 3.44. The number of pyridine rings is 1. The maximum absolute atomic E-state index is 14.3. The molecule has 3 aromatic heterocycles. The highest BCUT2D eigenvalue weighted by Gasteiger charge is 2.67. The smallest absolute Gasteiger partial charge is 0.245 e. The van der Waals surface area contributed by atoms with Crippen LogP contribution in [0.2, 0.25) is 0 Å². The van der Waals surface area contributed by atoms with Gasteiger partial charge in [-0.1, -0.05) is 24.3 Å². The minimum atomic E-state index is -3.57. The number of aryl methyl sites for hydroxylation is 1. The predicted molar refractivity (Wildman–Crippen MR) is 182 cm³/mol. The number of allylic oxidation sites excluding steroid dienone is 1. The van der Waals surface area contributed by atoms with Crippen molar-refractivity contribution in [1.82, 2.24) is 33.9 Å². The molecule has 3 atom stereocenters. The maximum Gasteiger partial charge on any atom is 0.245 e. The van der Waals surface area contributed by atoms with Crippen LogP contribution in [0.1, 0.15) is 53.8 Å². The van der Waals surface area contributed by atoms with Gasteiger partial charge in [0.25, 0.3) is 0 Å². The molecule has 2 aliphatic heterocycles. The first-order valence-corrected chi connectivity index (χ1v) is 18.2. The second kappa shape index (κ2) is 12.1. The fraction of sp³-hybridized carbons (Fsp3) is 0.382. The van der Waals surface area contributed by atoms with Crippen LogP contribution in [0.4, 0.5) is 0 Å². The number of rotatable bonds is 4. The molecule has 1 spiro atoms. The summed E-state index contributed by atoms with van der Waals surface area (Å²) in [6.45, 7) is 3.27. The summed E-state index contributed by atoms with van der Waals surface area (Å²) in [7, 11) is -2.00.